The van der Waals surface area contributed by atoms with E-state index in [1.807, 2.05) is 38.1 Å². The van der Waals surface area contributed by atoms with E-state index >= 15 is 0 Å². The van der Waals surface area contributed by atoms with Crippen molar-refractivity contribution in [3.63, 3.8) is 0 Å². The molecule has 98 valence electrons. The molecule has 1 aromatic heterocycles. The van der Waals surface area contributed by atoms with Gasteiger partial charge in [0.15, 0.2) is 5.16 Å². The fourth-order valence-electron chi connectivity index (χ4n) is 1.52. The summed E-state index contributed by atoms with van der Waals surface area (Å²) in [5.74, 6) is 0.576. The number of aliphatic hydroxyl groups is 1. The van der Waals surface area contributed by atoms with Gasteiger partial charge in [-0.2, -0.15) is 0 Å². The molecule has 0 aliphatic carbocycles. The number of aromatic amines is 1. The first-order chi connectivity index (χ1) is 8.65. The van der Waals surface area contributed by atoms with E-state index < -0.39 is 6.10 Å². The predicted molar refractivity (Wildman–Crippen MR) is 73.9 cm³/mol. The van der Waals surface area contributed by atoms with Crippen LogP contribution in [0, 0.1) is 0 Å². The number of hydrogen-bond donors (Lipinski definition) is 2. The van der Waals surface area contributed by atoms with Crippen LogP contribution in [0.1, 0.15) is 13.8 Å². The van der Waals surface area contributed by atoms with Crippen LogP contribution in [0.5, 0.6) is 0 Å². The molecule has 5 heteroatoms. The maximum absolute atomic E-state index is 9.75. The van der Waals surface area contributed by atoms with Crippen LogP contribution in [0.3, 0.4) is 0 Å². The fourth-order valence-corrected chi connectivity index (χ4v) is 2.32. The molecule has 1 unspecified atom stereocenters. The Balaban J connectivity index is 1.86. The summed E-state index contributed by atoms with van der Waals surface area (Å²) in [7, 11) is 0. The normalized spacial score (nSPS) is 13.3. The summed E-state index contributed by atoms with van der Waals surface area (Å²) in [5, 5.41) is 10.6. The van der Waals surface area contributed by atoms with Crippen molar-refractivity contribution in [1.82, 2.24) is 9.97 Å². The van der Waals surface area contributed by atoms with Gasteiger partial charge in [0, 0.05) is 5.75 Å². The van der Waals surface area contributed by atoms with E-state index in [4.69, 9.17) is 4.74 Å². The minimum Gasteiger partial charge on any atom is -0.390 e. The SMILES string of the molecule is CC(C)OCC(O)CSc1nc2ccccc2[nH]1. The maximum Gasteiger partial charge on any atom is 0.166 e. The highest BCUT2D eigenvalue weighted by Crippen LogP contribution is 2.19. The second-order valence-electron chi connectivity index (χ2n) is 4.41. The summed E-state index contributed by atoms with van der Waals surface area (Å²) in [4.78, 5) is 7.65. The van der Waals surface area contributed by atoms with Crippen LogP contribution >= 0.6 is 11.8 Å². The Morgan fingerprint density at radius 2 is 2.17 bits per heavy atom. The number of aromatic nitrogens is 2. The molecule has 0 spiro atoms. The molecule has 4 nitrogen and oxygen atoms in total. The highest BCUT2D eigenvalue weighted by atomic mass is 32.2. The number of hydrogen-bond acceptors (Lipinski definition) is 4. The van der Waals surface area contributed by atoms with E-state index in [0.29, 0.717) is 12.4 Å². The molecule has 0 saturated carbocycles. The summed E-state index contributed by atoms with van der Waals surface area (Å²) in [6.45, 7) is 4.28. The average molecular weight is 266 g/mol. The number of nitrogens with zero attached hydrogens (tertiary/aromatic N) is 1. The Labute approximate surface area is 111 Å². The van der Waals surface area contributed by atoms with Crippen molar-refractivity contribution in [2.45, 2.75) is 31.2 Å². The summed E-state index contributed by atoms with van der Waals surface area (Å²) >= 11 is 1.51. The number of thioether (sulfide) groups is 1. The Morgan fingerprint density at radius 1 is 1.39 bits per heavy atom. The number of aliphatic hydroxyl groups excluding tert-OH is 1. The Kier molecular flexibility index (Phi) is 4.63. The number of nitrogens with one attached hydrogen (secondary N) is 1. The van der Waals surface area contributed by atoms with Crippen molar-refractivity contribution >= 4 is 22.8 Å². The monoisotopic (exact) mass is 266 g/mol. The molecule has 2 N–H and O–H groups in total. The molecule has 0 radical (unpaired) electrons. The van der Waals surface area contributed by atoms with E-state index in [1.165, 1.54) is 11.8 Å². The van der Waals surface area contributed by atoms with E-state index in [0.717, 1.165) is 16.2 Å². The zero-order valence-corrected chi connectivity index (χ0v) is 11.4. The maximum atomic E-state index is 9.75. The lowest BCUT2D eigenvalue weighted by atomic mass is 10.3. The van der Waals surface area contributed by atoms with Crippen molar-refractivity contribution < 1.29 is 9.84 Å². The van der Waals surface area contributed by atoms with Gasteiger partial charge in [-0.1, -0.05) is 23.9 Å². The molecule has 0 fully saturated rings. The minimum absolute atomic E-state index is 0.149. The molecule has 0 amide bonds. The van der Waals surface area contributed by atoms with Gasteiger partial charge in [-0.15, -0.1) is 0 Å². The lowest BCUT2D eigenvalue weighted by molar-refractivity contribution is 0.0152. The van der Waals surface area contributed by atoms with Gasteiger partial charge in [0.05, 0.1) is 29.8 Å². The molecule has 18 heavy (non-hydrogen) atoms. The van der Waals surface area contributed by atoms with Gasteiger partial charge in [-0.3, -0.25) is 0 Å². The molecule has 1 heterocycles. The molecule has 0 bridgehead atoms. The third-order valence-corrected chi connectivity index (χ3v) is 3.42. The third-order valence-electron chi connectivity index (χ3n) is 2.40. The number of rotatable bonds is 6. The van der Waals surface area contributed by atoms with Crippen LogP contribution in [0.25, 0.3) is 11.0 Å². The van der Waals surface area contributed by atoms with Gasteiger partial charge in [0.1, 0.15) is 0 Å². The Morgan fingerprint density at radius 3 is 2.89 bits per heavy atom. The van der Waals surface area contributed by atoms with Gasteiger partial charge >= 0.3 is 0 Å². The van der Waals surface area contributed by atoms with Crippen LogP contribution in [0.2, 0.25) is 0 Å². The summed E-state index contributed by atoms with van der Waals surface area (Å²) < 4.78 is 5.36. The van der Waals surface area contributed by atoms with E-state index in [2.05, 4.69) is 9.97 Å². The first kappa shape index (κ1) is 13.4. The number of ether oxygens (including phenoxy) is 1. The van der Waals surface area contributed by atoms with Gasteiger partial charge in [0.25, 0.3) is 0 Å². The summed E-state index contributed by atoms with van der Waals surface area (Å²) in [6, 6.07) is 7.89. The number of imidazole rings is 1. The molecule has 2 aromatic rings. The van der Waals surface area contributed by atoms with Crippen molar-refractivity contribution in [1.29, 1.82) is 0 Å². The van der Waals surface area contributed by atoms with Gasteiger partial charge in [-0.25, -0.2) is 4.98 Å². The van der Waals surface area contributed by atoms with E-state index in [-0.39, 0.29) is 6.10 Å². The first-order valence-electron chi connectivity index (χ1n) is 6.02. The molecule has 1 aromatic carbocycles. The van der Waals surface area contributed by atoms with E-state index in [9.17, 15) is 5.11 Å². The van der Waals surface area contributed by atoms with Crippen LogP contribution in [-0.4, -0.2) is 39.6 Å². The fraction of sp³-hybridized carbons (Fsp3) is 0.462. The highest BCUT2D eigenvalue weighted by molar-refractivity contribution is 7.99. The summed E-state index contributed by atoms with van der Waals surface area (Å²) in [5.41, 5.74) is 1.97. The standard InChI is InChI=1S/C13H18N2O2S/c1-9(2)17-7-10(16)8-18-13-14-11-5-3-4-6-12(11)15-13/h3-6,9-10,16H,7-8H2,1-2H3,(H,14,15). The number of para-hydroxylation sites is 2. The zero-order valence-electron chi connectivity index (χ0n) is 10.6. The lowest BCUT2D eigenvalue weighted by Crippen LogP contribution is -2.20. The quantitative estimate of drug-likeness (QED) is 0.788. The second-order valence-corrected chi connectivity index (χ2v) is 5.41. The molecule has 0 aliphatic rings. The van der Waals surface area contributed by atoms with Gasteiger partial charge < -0.3 is 14.8 Å². The molecule has 0 saturated heterocycles. The molecule has 0 aliphatic heterocycles. The predicted octanol–water partition coefficient (Wildman–Crippen LogP) is 2.44. The first-order valence-corrected chi connectivity index (χ1v) is 7.01. The topological polar surface area (TPSA) is 58.1 Å². The third kappa shape index (κ3) is 3.73. The van der Waals surface area contributed by atoms with Crippen LogP contribution in [0.4, 0.5) is 0 Å². The highest BCUT2D eigenvalue weighted by Gasteiger charge is 2.09. The molecular formula is C13H18N2O2S. The van der Waals surface area contributed by atoms with Crippen LogP contribution in [-0.2, 0) is 4.74 Å². The largest absolute Gasteiger partial charge is 0.390 e. The number of benzene rings is 1. The van der Waals surface area contributed by atoms with E-state index in [1.54, 1.807) is 0 Å². The Bertz CT molecular complexity index is 465. The van der Waals surface area contributed by atoms with Crippen molar-refractivity contribution in [2.75, 3.05) is 12.4 Å². The van der Waals surface area contributed by atoms with Gasteiger partial charge in [-0.05, 0) is 26.0 Å². The number of fused-ring (bicyclic) bond motifs is 1. The summed E-state index contributed by atoms with van der Waals surface area (Å²) in [6.07, 6.45) is -0.318. The smallest absolute Gasteiger partial charge is 0.166 e. The van der Waals surface area contributed by atoms with Crippen LogP contribution in [0.15, 0.2) is 29.4 Å². The molecule has 1 atom stereocenters. The van der Waals surface area contributed by atoms with Gasteiger partial charge in [0.2, 0.25) is 0 Å². The molecule has 2 rings (SSSR count). The lowest BCUT2D eigenvalue weighted by Gasteiger charge is -2.12. The average Bonchev–Trinajstić information content (AvgIpc) is 2.76. The van der Waals surface area contributed by atoms with Crippen molar-refractivity contribution in [3.8, 4) is 0 Å². The minimum atomic E-state index is -0.467. The molecular weight excluding hydrogens is 248 g/mol. The number of H-pyrrole nitrogens is 1. The second kappa shape index (κ2) is 6.22. The van der Waals surface area contributed by atoms with Crippen molar-refractivity contribution in [3.05, 3.63) is 24.3 Å². The van der Waals surface area contributed by atoms with Crippen LogP contribution < -0.4 is 0 Å². The Hall–Kier alpha value is -1.04. The zero-order chi connectivity index (χ0) is 13.0. The van der Waals surface area contributed by atoms with Crippen molar-refractivity contribution in [2.24, 2.45) is 0 Å².